The molecule has 1 aromatic heterocycles. The third-order valence-corrected chi connectivity index (χ3v) is 4.29. The summed E-state index contributed by atoms with van der Waals surface area (Å²) in [6, 6.07) is 12.7. The van der Waals surface area contributed by atoms with E-state index in [1.807, 2.05) is 24.3 Å². The second kappa shape index (κ2) is 6.24. The van der Waals surface area contributed by atoms with Gasteiger partial charge >= 0.3 is 0 Å². The first-order valence-corrected chi connectivity index (χ1v) is 7.88. The first-order valence-electron chi connectivity index (χ1n) is 6.71. The van der Waals surface area contributed by atoms with Crippen LogP contribution in [0.15, 0.2) is 47.3 Å². The van der Waals surface area contributed by atoms with Gasteiger partial charge in [-0.2, -0.15) is 0 Å². The molecule has 0 atom stereocenters. The molecule has 0 amide bonds. The van der Waals surface area contributed by atoms with Gasteiger partial charge in [0, 0.05) is 16.6 Å². The lowest BCUT2D eigenvalue weighted by Gasteiger charge is -2.08. The summed E-state index contributed by atoms with van der Waals surface area (Å²) in [4.78, 5) is 15.6. The van der Waals surface area contributed by atoms with Gasteiger partial charge in [0.2, 0.25) is 0 Å². The minimum Gasteiger partial charge on any atom is -0.332 e. The molecule has 2 aromatic carbocycles. The van der Waals surface area contributed by atoms with Crippen molar-refractivity contribution < 1.29 is 0 Å². The molecule has 0 aliphatic rings. The number of aryl methyl sites for hydroxylation is 1. The molecule has 3 aromatic rings. The van der Waals surface area contributed by atoms with Crippen molar-refractivity contribution in [2.75, 3.05) is 0 Å². The van der Waals surface area contributed by atoms with Crippen LogP contribution in [0.25, 0.3) is 10.9 Å². The minimum atomic E-state index is -0.107. The summed E-state index contributed by atoms with van der Waals surface area (Å²) in [5.74, 6) is 0. The zero-order chi connectivity index (χ0) is 15.7. The number of H-pyrrole nitrogens is 1. The largest absolute Gasteiger partial charge is 0.332 e. The van der Waals surface area contributed by atoms with E-state index in [-0.39, 0.29) is 5.56 Å². The van der Waals surface area contributed by atoms with E-state index < -0.39 is 0 Å². The standard InChI is InChI=1S/C16H12Cl2N2OS/c17-11-3-1-10(2-4-11)7-8-20-15(21)13-6-5-12(18)9-14(13)19-16(20)22/h1-6,9H,7-8H2,(H,19,22). The fourth-order valence-corrected chi connectivity index (χ4v) is 2.90. The fourth-order valence-electron chi connectivity index (χ4n) is 2.32. The number of nitrogens with one attached hydrogen (secondary N) is 1. The normalized spacial score (nSPS) is 11.0. The highest BCUT2D eigenvalue weighted by atomic mass is 35.5. The Hall–Kier alpha value is -1.62. The molecule has 6 heteroatoms. The zero-order valence-corrected chi connectivity index (χ0v) is 13.8. The quantitative estimate of drug-likeness (QED) is 0.700. The van der Waals surface area contributed by atoms with Crippen LogP contribution in [0.4, 0.5) is 0 Å². The first kappa shape index (κ1) is 15.3. The highest BCUT2D eigenvalue weighted by Crippen LogP contribution is 2.15. The van der Waals surface area contributed by atoms with Gasteiger partial charge in [0.15, 0.2) is 4.77 Å². The van der Waals surface area contributed by atoms with Crippen molar-refractivity contribution in [2.24, 2.45) is 0 Å². The van der Waals surface area contributed by atoms with Crippen LogP contribution in [0.1, 0.15) is 5.56 Å². The molecule has 112 valence electrons. The van der Waals surface area contributed by atoms with Crippen LogP contribution in [0, 0.1) is 4.77 Å². The Kier molecular flexibility index (Phi) is 4.34. The molecule has 3 rings (SSSR count). The Labute approximate surface area is 142 Å². The summed E-state index contributed by atoms with van der Waals surface area (Å²) >= 11 is 17.1. The molecule has 1 heterocycles. The van der Waals surface area contributed by atoms with Crippen LogP contribution in [0.5, 0.6) is 0 Å². The predicted octanol–water partition coefficient (Wildman–Crippen LogP) is 4.61. The predicted molar refractivity (Wildman–Crippen MR) is 93.6 cm³/mol. The number of fused-ring (bicyclic) bond motifs is 1. The Morgan fingerprint density at radius 2 is 1.73 bits per heavy atom. The van der Waals surface area contributed by atoms with Crippen LogP contribution in [-0.4, -0.2) is 9.55 Å². The van der Waals surface area contributed by atoms with Crippen molar-refractivity contribution in [3.8, 4) is 0 Å². The van der Waals surface area contributed by atoms with Crippen LogP contribution in [-0.2, 0) is 13.0 Å². The molecule has 0 saturated heterocycles. The molecule has 0 spiro atoms. The third kappa shape index (κ3) is 3.09. The van der Waals surface area contributed by atoms with Crippen molar-refractivity contribution in [2.45, 2.75) is 13.0 Å². The van der Waals surface area contributed by atoms with Crippen LogP contribution in [0.2, 0.25) is 10.0 Å². The maximum absolute atomic E-state index is 12.5. The molecular weight excluding hydrogens is 339 g/mol. The van der Waals surface area contributed by atoms with E-state index in [0.717, 1.165) is 5.56 Å². The number of hydrogen-bond donors (Lipinski definition) is 1. The molecule has 22 heavy (non-hydrogen) atoms. The molecule has 1 N–H and O–H groups in total. The molecule has 0 fully saturated rings. The van der Waals surface area contributed by atoms with Gasteiger partial charge in [-0.1, -0.05) is 35.3 Å². The Morgan fingerprint density at radius 3 is 2.45 bits per heavy atom. The lowest BCUT2D eigenvalue weighted by Crippen LogP contribution is -2.23. The fraction of sp³-hybridized carbons (Fsp3) is 0.125. The lowest BCUT2D eigenvalue weighted by molar-refractivity contribution is 0.652. The Bertz CT molecular complexity index is 945. The summed E-state index contributed by atoms with van der Waals surface area (Å²) < 4.78 is 1.97. The molecule has 0 radical (unpaired) electrons. The van der Waals surface area contributed by atoms with E-state index in [4.69, 9.17) is 35.4 Å². The number of rotatable bonds is 3. The van der Waals surface area contributed by atoms with Crippen molar-refractivity contribution >= 4 is 46.3 Å². The molecule has 0 unspecified atom stereocenters. The molecule has 0 aliphatic heterocycles. The van der Waals surface area contributed by atoms with Gasteiger partial charge < -0.3 is 4.98 Å². The van der Waals surface area contributed by atoms with Gasteiger partial charge in [0.25, 0.3) is 5.56 Å². The van der Waals surface area contributed by atoms with Crippen LogP contribution < -0.4 is 5.56 Å². The first-order chi connectivity index (χ1) is 10.5. The van der Waals surface area contributed by atoms with Gasteiger partial charge in [-0.25, -0.2) is 0 Å². The average Bonchev–Trinajstić information content (AvgIpc) is 2.48. The van der Waals surface area contributed by atoms with Crippen molar-refractivity contribution in [3.05, 3.63) is 73.2 Å². The second-order valence-electron chi connectivity index (χ2n) is 4.95. The smallest absolute Gasteiger partial charge is 0.262 e. The number of hydrogen-bond acceptors (Lipinski definition) is 2. The van der Waals surface area contributed by atoms with E-state index in [1.165, 1.54) is 0 Å². The Balaban J connectivity index is 1.97. The van der Waals surface area contributed by atoms with E-state index >= 15 is 0 Å². The number of nitrogens with zero attached hydrogens (tertiary/aromatic N) is 1. The second-order valence-corrected chi connectivity index (χ2v) is 6.21. The molecule has 0 aliphatic carbocycles. The van der Waals surface area contributed by atoms with E-state index in [0.29, 0.717) is 38.7 Å². The number of aromatic nitrogens is 2. The topological polar surface area (TPSA) is 37.8 Å². The minimum absolute atomic E-state index is 0.107. The van der Waals surface area contributed by atoms with Crippen LogP contribution >= 0.6 is 35.4 Å². The maximum atomic E-state index is 12.5. The van der Waals surface area contributed by atoms with Gasteiger partial charge in [0.05, 0.1) is 10.9 Å². The number of aromatic amines is 1. The van der Waals surface area contributed by atoms with Gasteiger partial charge in [0.1, 0.15) is 0 Å². The molecule has 3 nitrogen and oxygen atoms in total. The van der Waals surface area contributed by atoms with Gasteiger partial charge in [-0.15, -0.1) is 0 Å². The highest BCUT2D eigenvalue weighted by molar-refractivity contribution is 7.71. The maximum Gasteiger partial charge on any atom is 0.262 e. The summed E-state index contributed by atoms with van der Waals surface area (Å²) in [6.07, 6.45) is 0.702. The van der Waals surface area contributed by atoms with Gasteiger partial charge in [-0.05, 0) is 54.5 Å². The number of halogens is 2. The lowest BCUT2D eigenvalue weighted by atomic mass is 10.1. The molecule has 0 bridgehead atoms. The SMILES string of the molecule is O=c1c2ccc(Cl)cc2[nH]c(=S)n1CCc1ccc(Cl)cc1. The zero-order valence-electron chi connectivity index (χ0n) is 11.5. The van der Waals surface area contributed by atoms with Crippen molar-refractivity contribution in [1.29, 1.82) is 0 Å². The highest BCUT2D eigenvalue weighted by Gasteiger charge is 2.06. The van der Waals surface area contributed by atoms with Gasteiger partial charge in [-0.3, -0.25) is 9.36 Å². The summed E-state index contributed by atoms with van der Waals surface area (Å²) in [6.45, 7) is 0.508. The van der Waals surface area contributed by atoms with E-state index in [2.05, 4.69) is 4.98 Å². The monoisotopic (exact) mass is 350 g/mol. The third-order valence-electron chi connectivity index (χ3n) is 3.48. The van der Waals surface area contributed by atoms with Crippen LogP contribution in [0.3, 0.4) is 0 Å². The summed E-state index contributed by atoms with van der Waals surface area (Å²) in [5.41, 5.74) is 1.65. The average molecular weight is 351 g/mol. The summed E-state index contributed by atoms with van der Waals surface area (Å²) in [5, 5.41) is 1.84. The Morgan fingerprint density at radius 1 is 1.05 bits per heavy atom. The molecule has 0 saturated carbocycles. The van der Waals surface area contributed by atoms with Crippen molar-refractivity contribution in [1.82, 2.24) is 9.55 Å². The number of benzene rings is 2. The van der Waals surface area contributed by atoms with E-state index in [1.54, 1.807) is 22.8 Å². The van der Waals surface area contributed by atoms with Crippen molar-refractivity contribution in [3.63, 3.8) is 0 Å². The summed E-state index contributed by atoms with van der Waals surface area (Å²) in [7, 11) is 0. The molecular formula is C16H12Cl2N2OS. The van der Waals surface area contributed by atoms with E-state index in [9.17, 15) is 4.79 Å².